The van der Waals surface area contributed by atoms with Crippen molar-refractivity contribution in [3.05, 3.63) is 47.8 Å². The molecule has 2 rings (SSSR count). The quantitative estimate of drug-likeness (QED) is 0.810. The lowest BCUT2D eigenvalue weighted by atomic mass is 10.1. The Hall–Kier alpha value is -2.67. The van der Waals surface area contributed by atoms with Crippen LogP contribution < -0.4 is 5.32 Å². The third-order valence-corrected chi connectivity index (χ3v) is 3.63. The van der Waals surface area contributed by atoms with E-state index in [4.69, 9.17) is 4.74 Å². The smallest absolute Gasteiger partial charge is 0.331 e. The van der Waals surface area contributed by atoms with Gasteiger partial charge in [0.15, 0.2) is 5.54 Å². The molecule has 7 nitrogen and oxygen atoms in total. The molecule has 0 saturated heterocycles. The van der Waals surface area contributed by atoms with E-state index in [0.29, 0.717) is 12.3 Å². The van der Waals surface area contributed by atoms with Crippen LogP contribution in [0.4, 0.5) is 5.69 Å². The van der Waals surface area contributed by atoms with Gasteiger partial charge in [0.1, 0.15) is 0 Å². The highest BCUT2D eigenvalue weighted by molar-refractivity contribution is 5.92. The highest BCUT2D eigenvalue weighted by Crippen LogP contribution is 2.17. The van der Waals surface area contributed by atoms with Gasteiger partial charge in [0.2, 0.25) is 5.91 Å². The Balaban J connectivity index is 2.02. The van der Waals surface area contributed by atoms with E-state index in [1.54, 1.807) is 7.11 Å². The summed E-state index contributed by atoms with van der Waals surface area (Å²) in [6.45, 7) is 3.57. The molecule has 24 heavy (non-hydrogen) atoms. The first kappa shape index (κ1) is 17.7. The molecule has 0 atom stereocenters. The summed E-state index contributed by atoms with van der Waals surface area (Å²) in [5.41, 5.74) is 1.15. The molecule has 0 aliphatic carbocycles. The van der Waals surface area contributed by atoms with Gasteiger partial charge in [-0.05, 0) is 25.0 Å². The highest BCUT2D eigenvalue weighted by atomic mass is 16.5. The largest absolute Gasteiger partial charge is 0.479 e. The summed E-state index contributed by atoms with van der Waals surface area (Å²) < 4.78 is 6.39. The standard InChI is InChI=1S/C17H21N3O4/c1-17(2,16(22)23)20-10-14(9-18-20)19-15(21)8-12-5-4-6-13(7-12)11-24-3/h4-7,9-10H,8,11H2,1-3H3,(H,19,21)(H,22,23). The van der Waals surface area contributed by atoms with Crippen LogP contribution in [0.25, 0.3) is 0 Å². The number of methoxy groups -OCH3 is 1. The lowest BCUT2D eigenvalue weighted by Gasteiger charge is -2.19. The molecule has 0 spiro atoms. The SMILES string of the molecule is COCc1cccc(CC(=O)Nc2cnn(C(C)(C)C(=O)O)c2)c1. The van der Waals surface area contributed by atoms with Crippen LogP contribution in [0.2, 0.25) is 0 Å². The zero-order chi connectivity index (χ0) is 17.7. The summed E-state index contributed by atoms with van der Waals surface area (Å²) in [7, 11) is 1.62. The monoisotopic (exact) mass is 331 g/mol. The van der Waals surface area contributed by atoms with Crippen LogP contribution in [0.5, 0.6) is 0 Å². The molecule has 2 N–H and O–H groups in total. The lowest BCUT2D eigenvalue weighted by Crippen LogP contribution is -2.35. The molecule has 1 amide bonds. The van der Waals surface area contributed by atoms with Gasteiger partial charge in [0, 0.05) is 13.3 Å². The minimum absolute atomic E-state index is 0.197. The van der Waals surface area contributed by atoms with E-state index in [1.165, 1.54) is 30.9 Å². The number of aromatic nitrogens is 2. The van der Waals surface area contributed by atoms with Crippen LogP contribution in [-0.2, 0) is 32.9 Å². The molecular formula is C17H21N3O4. The molecule has 0 aliphatic rings. The Morgan fingerprint density at radius 1 is 1.33 bits per heavy atom. The molecule has 1 aromatic heterocycles. The average Bonchev–Trinajstić information content (AvgIpc) is 2.96. The molecule has 0 bridgehead atoms. The van der Waals surface area contributed by atoms with E-state index in [1.807, 2.05) is 24.3 Å². The molecule has 128 valence electrons. The molecule has 7 heteroatoms. The van der Waals surface area contributed by atoms with Gasteiger partial charge in [-0.1, -0.05) is 24.3 Å². The van der Waals surface area contributed by atoms with Gasteiger partial charge in [-0.3, -0.25) is 9.48 Å². The maximum absolute atomic E-state index is 12.1. The van der Waals surface area contributed by atoms with Crippen molar-refractivity contribution in [1.29, 1.82) is 0 Å². The number of carbonyl (C=O) groups excluding carboxylic acids is 1. The normalized spacial score (nSPS) is 11.3. The van der Waals surface area contributed by atoms with Gasteiger partial charge >= 0.3 is 5.97 Å². The summed E-state index contributed by atoms with van der Waals surface area (Å²) >= 11 is 0. The number of hydrogen-bond acceptors (Lipinski definition) is 4. The lowest BCUT2D eigenvalue weighted by molar-refractivity contribution is -0.146. The fourth-order valence-corrected chi connectivity index (χ4v) is 2.18. The number of benzene rings is 1. The first-order valence-electron chi connectivity index (χ1n) is 7.48. The number of carboxylic acid groups (broad SMARTS) is 1. The summed E-state index contributed by atoms with van der Waals surface area (Å²) in [6.07, 6.45) is 3.16. The van der Waals surface area contributed by atoms with Crippen LogP contribution in [0.15, 0.2) is 36.7 Å². The molecule has 2 aromatic rings. The zero-order valence-corrected chi connectivity index (χ0v) is 13.9. The maximum Gasteiger partial charge on any atom is 0.331 e. The number of rotatable bonds is 7. The van der Waals surface area contributed by atoms with E-state index < -0.39 is 11.5 Å². The van der Waals surface area contributed by atoms with E-state index in [-0.39, 0.29) is 12.3 Å². The van der Waals surface area contributed by atoms with Gasteiger partial charge in [-0.15, -0.1) is 0 Å². The second-order valence-electron chi connectivity index (χ2n) is 6.02. The zero-order valence-electron chi connectivity index (χ0n) is 13.9. The van der Waals surface area contributed by atoms with Crippen molar-refractivity contribution in [2.75, 3.05) is 12.4 Å². The van der Waals surface area contributed by atoms with Crippen LogP contribution >= 0.6 is 0 Å². The topological polar surface area (TPSA) is 93.5 Å². The number of nitrogens with zero attached hydrogens (tertiary/aromatic N) is 2. The minimum Gasteiger partial charge on any atom is -0.479 e. The molecule has 0 saturated carbocycles. The number of aliphatic carboxylic acids is 1. The number of hydrogen-bond donors (Lipinski definition) is 2. The second-order valence-corrected chi connectivity index (χ2v) is 6.02. The first-order chi connectivity index (χ1) is 11.3. The number of anilines is 1. The van der Waals surface area contributed by atoms with Gasteiger partial charge < -0.3 is 15.2 Å². The maximum atomic E-state index is 12.1. The molecule has 0 aliphatic heterocycles. The van der Waals surface area contributed by atoms with E-state index in [0.717, 1.165) is 11.1 Å². The molecule has 0 fully saturated rings. The molecule has 0 unspecified atom stereocenters. The Kier molecular flexibility index (Phi) is 5.35. The number of carboxylic acids is 1. The first-order valence-corrected chi connectivity index (χ1v) is 7.48. The predicted molar refractivity (Wildman–Crippen MR) is 88.7 cm³/mol. The van der Waals surface area contributed by atoms with Crippen molar-refractivity contribution < 1.29 is 19.4 Å². The molecule has 0 radical (unpaired) electrons. The van der Waals surface area contributed by atoms with Crippen molar-refractivity contribution in [1.82, 2.24) is 9.78 Å². The van der Waals surface area contributed by atoms with Crippen LogP contribution in [0.3, 0.4) is 0 Å². The van der Waals surface area contributed by atoms with E-state index in [9.17, 15) is 14.7 Å². The summed E-state index contributed by atoms with van der Waals surface area (Å²) in [5, 5.41) is 15.9. The van der Waals surface area contributed by atoms with Crippen LogP contribution in [0, 0.1) is 0 Å². The number of ether oxygens (including phenoxy) is 1. The van der Waals surface area contributed by atoms with Crippen molar-refractivity contribution in [3.8, 4) is 0 Å². The van der Waals surface area contributed by atoms with Crippen molar-refractivity contribution in [3.63, 3.8) is 0 Å². The van der Waals surface area contributed by atoms with Crippen molar-refractivity contribution in [2.24, 2.45) is 0 Å². The fraction of sp³-hybridized carbons (Fsp3) is 0.353. The van der Waals surface area contributed by atoms with E-state index >= 15 is 0 Å². The Labute approximate surface area is 140 Å². The van der Waals surface area contributed by atoms with Crippen molar-refractivity contribution >= 4 is 17.6 Å². The van der Waals surface area contributed by atoms with Gasteiger partial charge in [0.05, 0.1) is 24.9 Å². The summed E-state index contributed by atoms with van der Waals surface area (Å²) in [4.78, 5) is 23.4. The highest BCUT2D eigenvalue weighted by Gasteiger charge is 2.30. The Bertz CT molecular complexity index is 737. The van der Waals surface area contributed by atoms with Crippen molar-refractivity contribution in [2.45, 2.75) is 32.4 Å². The molecule has 1 heterocycles. The van der Waals surface area contributed by atoms with Gasteiger partial charge in [-0.25, -0.2) is 4.79 Å². The predicted octanol–water partition coefficient (Wildman–Crippen LogP) is 2.03. The Morgan fingerprint density at radius 2 is 2.04 bits per heavy atom. The van der Waals surface area contributed by atoms with Gasteiger partial charge in [-0.2, -0.15) is 5.10 Å². The number of carbonyl (C=O) groups is 2. The van der Waals surface area contributed by atoms with Crippen LogP contribution in [0.1, 0.15) is 25.0 Å². The minimum atomic E-state index is -1.18. The third kappa shape index (κ3) is 4.20. The second kappa shape index (κ2) is 7.27. The fourth-order valence-electron chi connectivity index (χ4n) is 2.18. The Morgan fingerprint density at radius 3 is 2.71 bits per heavy atom. The summed E-state index contributed by atoms with van der Waals surface area (Å²) in [5.74, 6) is -1.20. The third-order valence-electron chi connectivity index (χ3n) is 3.63. The van der Waals surface area contributed by atoms with Gasteiger partial charge in [0.25, 0.3) is 0 Å². The van der Waals surface area contributed by atoms with E-state index in [2.05, 4.69) is 10.4 Å². The number of amides is 1. The molecule has 1 aromatic carbocycles. The van der Waals surface area contributed by atoms with Crippen LogP contribution in [-0.4, -0.2) is 33.9 Å². The molecular weight excluding hydrogens is 310 g/mol. The average molecular weight is 331 g/mol. The number of nitrogens with one attached hydrogen (secondary N) is 1. The summed E-state index contributed by atoms with van der Waals surface area (Å²) in [6, 6.07) is 7.60.